The van der Waals surface area contributed by atoms with E-state index in [9.17, 15) is 13.2 Å². The number of rotatable bonds is 4. The van der Waals surface area contributed by atoms with Gasteiger partial charge < -0.3 is 14.5 Å². The molecule has 0 unspecified atom stereocenters. The lowest BCUT2D eigenvalue weighted by atomic mass is 10.1. The Labute approximate surface area is 174 Å². The molecular formula is C17H9BrF3N5O2S. The van der Waals surface area contributed by atoms with Gasteiger partial charge in [-0.2, -0.15) is 5.21 Å². The van der Waals surface area contributed by atoms with Gasteiger partial charge in [-0.15, -0.1) is 23.4 Å². The van der Waals surface area contributed by atoms with Crippen LogP contribution in [-0.4, -0.2) is 32.0 Å². The van der Waals surface area contributed by atoms with E-state index in [0.717, 1.165) is 5.39 Å². The molecule has 7 nitrogen and oxygen atoms in total. The number of thiocarbonyl (C=S) groups is 1. The molecule has 0 bridgehead atoms. The molecule has 0 radical (unpaired) electrons. The maximum absolute atomic E-state index is 12.4. The fraction of sp³-hybridized carbons (Fsp3) is 0.0588. The highest BCUT2D eigenvalue weighted by Crippen LogP contribution is 2.33. The Hall–Kier alpha value is -2.99. The quantitative estimate of drug-likeness (QED) is 0.392. The molecule has 0 aliphatic rings. The lowest BCUT2D eigenvalue weighted by Gasteiger charge is -2.13. The fourth-order valence-electron chi connectivity index (χ4n) is 2.54. The Kier molecular flexibility index (Phi) is 4.96. The number of aromatic amines is 1. The van der Waals surface area contributed by atoms with Crippen molar-refractivity contribution in [3.63, 3.8) is 0 Å². The van der Waals surface area contributed by atoms with Gasteiger partial charge in [0.05, 0.1) is 4.47 Å². The van der Waals surface area contributed by atoms with E-state index in [0.29, 0.717) is 33.4 Å². The van der Waals surface area contributed by atoms with E-state index in [2.05, 4.69) is 46.6 Å². The molecule has 2 aromatic heterocycles. The number of hydrogen-bond acceptors (Lipinski definition) is 6. The highest BCUT2D eigenvalue weighted by molar-refractivity contribution is 9.10. The van der Waals surface area contributed by atoms with Crippen LogP contribution >= 0.6 is 28.1 Å². The van der Waals surface area contributed by atoms with Crippen LogP contribution < -0.4 is 10.1 Å². The molecule has 2 N–H and O–H groups in total. The smallest absolute Gasteiger partial charge is 0.453 e. The van der Waals surface area contributed by atoms with Gasteiger partial charge in [0.15, 0.2) is 5.76 Å². The number of anilines is 1. The van der Waals surface area contributed by atoms with Crippen LogP contribution in [0.5, 0.6) is 5.75 Å². The minimum Gasteiger partial charge on any atom is -0.453 e. The SMILES string of the molecule is FC(F)(F)Oc1ccc(NC(=S)c2ccc3cc(-c4nn[nH]n4)oc3c2)cc1Br. The van der Waals surface area contributed by atoms with Crippen molar-refractivity contribution >= 4 is 49.8 Å². The average Bonchev–Trinajstić information content (AvgIpc) is 3.31. The summed E-state index contributed by atoms with van der Waals surface area (Å²) in [5.41, 5.74) is 1.72. The maximum Gasteiger partial charge on any atom is 0.573 e. The Morgan fingerprint density at radius 1 is 1.17 bits per heavy atom. The third-order valence-electron chi connectivity index (χ3n) is 3.76. The van der Waals surface area contributed by atoms with Gasteiger partial charge in [-0.1, -0.05) is 24.4 Å². The summed E-state index contributed by atoms with van der Waals surface area (Å²) in [4.78, 5) is 0.362. The molecule has 148 valence electrons. The van der Waals surface area contributed by atoms with Crippen LogP contribution in [0.25, 0.3) is 22.6 Å². The second-order valence-corrected chi connectivity index (χ2v) is 7.01. The van der Waals surface area contributed by atoms with Gasteiger partial charge in [-0.05, 0) is 51.5 Å². The summed E-state index contributed by atoms with van der Waals surface area (Å²) < 4.78 is 46.9. The van der Waals surface area contributed by atoms with E-state index in [1.54, 1.807) is 18.2 Å². The summed E-state index contributed by atoms with van der Waals surface area (Å²) in [6.07, 6.45) is -4.77. The van der Waals surface area contributed by atoms with E-state index < -0.39 is 6.36 Å². The van der Waals surface area contributed by atoms with Crippen molar-refractivity contribution in [2.24, 2.45) is 0 Å². The van der Waals surface area contributed by atoms with Crippen molar-refractivity contribution in [2.75, 3.05) is 5.32 Å². The zero-order valence-corrected chi connectivity index (χ0v) is 16.5. The number of halogens is 4. The fourth-order valence-corrected chi connectivity index (χ4v) is 3.24. The van der Waals surface area contributed by atoms with E-state index in [1.807, 2.05) is 6.07 Å². The topological polar surface area (TPSA) is 88.9 Å². The summed E-state index contributed by atoms with van der Waals surface area (Å²) in [5.74, 6) is 0.434. The van der Waals surface area contributed by atoms with Crippen LogP contribution in [0, 0.1) is 0 Å². The van der Waals surface area contributed by atoms with Crippen LogP contribution in [0.4, 0.5) is 18.9 Å². The molecule has 0 saturated carbocycles. The van der Waals surface area contributed by atoms with Crippen LogP contribution in [0.15, 0.2) is 51.4 Å². The highest BCUT2D eigenvalue weighted by Gasteiger charge is 2.32. The Balaban J connectivity index is 1.53. The molecule has 4 aromatic rings. The number of H-pyrrole nitrogens is 1. The van der Waals surface area contributed by atoms with E-state index in [4.69, 9.17) is 16.6 Å². The first-order valence-electron chi connectivity index (χ1n) is 7.92. The van der Waals surface area contributed by atoms with Crippen molar-refractivity contribution in [1.29, 1.82) is 0 Å². The van der Waals surface area contributed by atoms with Crippen molar-refractivity contribution in [2.45, 2.75) is 6.36 Å². The van der Waals surface area contributed by atoms with Gasteiger partial charge in [0.1, 0.15) is 16.3 Å². The first-order chi connectivity index (χ1) is 13.8. The number of aromatic nitrogens is 4. The molecule has 0 saturated heterocycles. The van der Waals surface area contributed by atoms with Crippen LogP contribution in [0.3, 0.4) is 0 Å². The van der Waals surface area contributed by atoms with Gasteiger partial charge in [0.25, 0.3) is 0 Å². The number of fused-ring (bicyclic) bond motifs is 1. The van der Waals surface area contributed by atoms with Gasteiger partial charge in [0, 0.05) is 16.6 Å². The van der Waals surface area contributed by atoms with Gasteiger partial charge in [0.2, 0.25) is 5.82 Å². The number of nitrogens with one attached hydrogen (secondary N) is 2. The lowest BCUT2D eigenvalue weighted by molar-refractivity contribution is -0.274. The highest BCUT2D eigenvalue weighted by atomic mass is 79.9. The monoisotopic (exact) mass is 483 g/mol. The Bertz CT molecular complexity index is 1190. The van der Waals surface area contributed by atoms with Crippen molar-refractivity contribution in [1.82, 2.24) is 20.6 Å². The molecule has 0 fully saturated rings. The summed E-state index contributed by atoms with van der Waals surface area (Å²) in [6.45, 7) is 0. The zero-order valence-electron chi connectivity index (χ0n) is 14.1. The van der Waals surface area contributed by atoms with E-state index in [-0.39, 0.29) is 10.2 Å². The minimum atomic E-state index is -4.77. The number of tetrazole rings is 1. The third-order valence-corrected chi connectivity index (χ3v) is 4.72. The molecule has 4 rings (SSSR count). The molecule has 12 heteroatoms. The summed E-state index contributed by atoms with van der Waals surface area (Å²) in [5, 5.41) is 17.4. The van der Waals surface area contributed by atoms with Crippen LogP contribution in [-0.2, 0) is 0 Å². The minimum absolute atomic E-state index is 0.133. The maximum atomic E-state index is 12.4. The largest absolute Gasteiger partial charge is 0.573 e. The number of benzene rings is 2. The summed E-state index contributed by atoms with van der Waals surface area (Å²) in [6, 6.07) is 11.2. The molecule has 0 aliphatic heterocycles. The van der Waals surface area contributed by atoms with Crippen LogP contribution in [0.1, 0.15) is 5.56 Å². The van der Waals surface area contributed by atoms with Gasteiger partial charge >= 0.3 is 6.36 Å². The summed E-state index contributed by atoms with van der Waals surface area (Å²) >= 11 is 8.45. The number of alkyl halides is 3. The summed E-state index contributed by atoms with van der Waals surface area (Å²) in [7, 11) is 0. The molecule has 0 aliphatic carbocycles. The molecule has 2 aromatic carbocycles. The van der Waals surface area contributed by atoms with E-state index in [1.165, 1.54) is 18.2 Å². The molecule has 29 heavy (non-hydrogen) atoms. The van der Waals surface area contributed by atoms with E-state index >= 15 is 0 Å². The predicted octanol–water partition coefficient (Wildman–Crippen LogP) is 5.06. The predicted molar refractivity (Wildman–Crippen MR) is 106 cm³/mol. The molecule has 0 amide bonds. The average molecular weight is 484 g/mol. The second-order valence-electron chi connectivity index (χ2n) is 5.75. The molecule has 2 heterocycles. The number of hydrogen-bond donors (Lipinski definition) is 2. The third kappa shape index (κ3) is 4.38. The zero-order chi connectivity index (χ0) is 20.6. The van der Waals surface area contributed by atoms with Crippen LogP contribution in [0.2, 0.25) is 0 Å². The first-order valence-corrected chi connectivity index (χ1v) is 9.13. The van der Waals surface area contributed by atoms with Gasteiger partial charge in [-0.3, -0.25) is 0 Å². The van der Waals surface area contributed by atoms with Crippen molar-refractivity contribution < 1.29 is 22.3 Å². The number of furan rings is 1. The van der Waals surface area contributed by atoms with Crippen molar-refractivity contribution in [3.05, 3.63) is 52.5 Å². The standard InChI is InChI=1S/C17H9BrF3N5O2S/c18-11-7-10(3-4-12(11)28-17(19,20)21)22-16(29)9-2-1-8-5-14(27-13(8)6-9)15-23-25-26-24-15/h1-7H,(H,22,29)(H,23,24,25,26). The Morgan fingerprint density at radius 2 is 2.00 bits per heavy atom. The Morgan fingerprint density at radius 3 is 2.69 bits per heavy atom. The van der Waals surface area contributed by atoms with Gasteiger partial charge in [-0.25, -0.2) is 0 Å². The van der Waals surface area contributed by atoms with Crippen molar-refractivity contribution in [3.8, 4) is 17.3 Å². The first kappa shape index (κ1) is 19.3. The molecule has 0 atom stereocenters. The second kappa shape index (κ2) is 7.44. The number of ether oxygens (including phenoxy) is 1. The molecule has 0 spiro atoms. The normalized spacial score (nSPS) is 11.6. The number of nitrogens with zero attached hydrogens (tertiary/aromatic N) is 3. The molecular weight excluding hydrogens is 475 g/mol. The lowest BCUT2D eigenvalue weighted by Crippen LogP contribution is -2.17.